The maximum atomic E-state index is 11.8. The molecule has 0 aliphatic carbocycles. The third-order valence-electron chi connectivity index (χ3n) is 3.03. The van der Waals surface area contributed by atoms with Crippen molar-refractivity contribution >= 4 is 5.91 Å². The number of benzene rings is 2. The molecule has 0 saturated carbocycles. The highest BCUT2D eigenvalue weighted by atomic mass is 16.1. The van der Waals surface area contributed by atoms with Crippen LogP contribution in [0, 0.1) is 11.3 Å². The van der Waals surface area contributed by atoms with Crippen molar-refractivity contribution in [1.82, 2.24) is 5.32 Å². The normalized spacial score (nSPS) is 9.75. The van der Waals surface area contributed by atoms with E-state index < -0.39 is 0 Å². The number of hydrogen-bond donors (Lipinski definition) is 1. The maximum Gasteiger partial charge on any atom is 0.224 e. The molecule has 20 heavy (non-hydrogen) atoms. The van der Waals surface area contributed by atoms with E-state index in [1.165, 1.54) is 5.56 Å². The third-order valence-corrected chi connectivity index (χ3v) is 3.03. The van der Waals surface area contributed by atoms with E-state index in [4.69, 9.17) is 5.26 Å². The van der Waals surface area contributed by atoms with Gasteiger partial charge in [-0.05, 0) is 29.7 Å². The van der Waals surface area contributed by atoms with E-state index in [1.807, 2.05) is 42.5 Å². The maximum absolute atomic E-state index is 11.8. The molecule has 0 aromatic heterocycles. The smallest absolute Gasteiger partial charge is 0.224 e. The first-order valence-electron chi connectivity index (χ1n) is 6.57. The zero-order chi connectivity index (χ0) is 14.2. The third kappa shape index (κ3) is 4.25. The predicted molar refractivity (Wildman–Crippen MR) is 78.0 cm³/mol. The van der Waals surface area contributed by atoms with Crippen LogP contribution in [0.25, 0.3) is 0 Å². The molecule has 2 aromatic rings. The van der Waals surface area contributed by atoms with Gasteiger partial charge in [-0.3, -0.25) is 4.79 Å². The lowest BCUT2D eigenvalue weighted by Gasteiger charge is -2.05. The van der Waals surface area contributed by atoms with Gasteiger partial charge in [0.15, 0.2) is 0 Å². The van der Waals surface area contributed by atoms with Crippen molar-refractivity contribution in [3.63, 3.8) is 0 Å². The number of hydrogen-bond acceptors (Lipinski definition) is 2. The van der Waals surface area contributed by atoms with Crippen LogP contribution in [-0.4, -0.2) is 12.5 Å². The van der Waals surface area contributed by atoms with Crippen LogP contribution in [0.2, 0.25) is 0 Å². The van der Waals surface area contributed by atoms with Crippen LogP contribution in [0.4, 0.5) is 0 Å². The second-order valence-corrected chi connectivity index (χ2v) is 4.57. The van der Waals surface area contributed by atoms with Gasteiger partial charge in [0.2, 0.25) is 5.91 Å². The summed E-state index contributed by atoms with van der Waals surface area (Å²) < 4.78 is 0. The fourth-order valence-electron chi connectivity index (χ4n) is 1.94. The molecular formula is C17H16N2O. The Morgan fingerprint density at radius 1 is 1.00 bits per heavy atom. The van der Waals surface area contributed by atoms with E-state index in [9.17, 15) is 4.79 Å². The van der Waals surface area contributed by atoms with Gasteiger partial charge in [-0.2, -0.15) is 5.26 Å². The lowest BCUT2D eigenvalue weighted by Crippen LogP contribution is -2.27. The summed E-state index contributed by atoms with van der Waals surface area (Å²) in [5.41, 5.74) is 2.74. The zero-order valence-electron chi connectivity index (χ0n) is 11.2. The van der Waals surface area contributed by atoms with E-state index in [2.05, 4.69) is 11.4 Å². The largest absolute Gasteiger partial charge is 0.355 e. The van der Waals surface area contributed by atoms with E-state index in [1.54, 1.807) is 12.1 Å². The minimum absolute atomic E-state index is 0.00522. The highest BCUT2D eigenvalue weighted by molar-refractivity contribution is 5.78. The summed E-state index contributed by atoms with van der Waals surface area (Å²) in [5.74, 6) is 0.00522. The minimum atomic E-state index is 0.00522. The molecule has 2 rings (SSSR count). The first-order valence-corrected chi connectivity index (χ1v) is 6.57. The molecule has 1 N–H and O–H groups in total. The van der Waals surface area contributed by atoms with Gasteiger partial charge in [0.25, 0.3) is 0 Å². The molecule has 1 amide bonds. The molecule has 0 heterocycles. The number of amides is 1. The predicted octanol–water partition coefficient (Wildman–Crippen LogP) is 2.46. The van der Waals surface area contributed by atoms with Crippen molar-refractivity contribution in [2.45, 2.75) is 12.8 Å². The first kappa shape index (κ1) is 13.8. The van der Waals surface area contributed by atoms with Crippen molar-refractivity contribution in [1.29, 1.82) is 5.26 Å². The molecule has 3 heteroatoms. The molecule has 2 aromatic carbocycles. The van der Waals surface area contributed by atoms with Gasteiger partial charge in [0.05, 0.1) is 18.1 Å². The minimum Gasteiger partial charge on any atom is -0.355 e. The number of carbonyl (C=O) groups is 1. The molecule has 0 saturated heterocycles. The first-order chi connectivity index (χ1) is 9.78. The fourth-order valence-corrected chi connectivity index (χ4v) is 1.94. The molecule has 0 radical (unpaired) electrons. The summed E-state index contributed by atoms with van der Waals surface area (Å²) >= 11 is 0. The lowest BCUT2D eigenvalue weighted by molar-refractivity contribution is -0.120. The average molecular weight is 264 g/mol. The summed E-state index contributed by atoms with van der Waals surface area (Å²) in [6.07, 6.45) is 1.18. The van der Waals surface area contributed by atoms with Gasteiger partial charge in [-0.15, -0.1) is 0 Å². The van der Waals surface area contributed by atoms with Gasteiger partial charge >= 0.3 is 0 Å². The quantitative estimate of drug-likeness (QED) is 0.902. The van der Waals surface area contributed by atoms with E-state index in [0.717, 1.165) is 12.0 Å². The Hall–Kier alpha value is -2.60. The highest BCUT2D eigenvalue weighted by Gasteiger charge is 2.03. The highest BCUT2D eigenvalue weighted by Crippen LogP contribution is 2.04. The van der Waals surface area contributed by atoms with E-state index in [-0.39, 0.29) is 5.91 Å². The number of carbonyl (C=O) groups excluding carboxylic acids is 1. The Morgan fingerprint density at radius 3 is 2.35 bits per heavy atom. The second kappa shape index (κ2) is 7.10. The van der Waals surface area contributed by atoms with Gasteiger partial charge in [-0.1, -0.05) is 42.5 Å². The van der Waals surface area contributed by atoms with Gasteiger partial charge in [0.1, 0.15) is 0 Å². The van der Waals surface area contributed by atoms with Gasteiger partial charge in [-0.25, -0.2) is 0 Å². The fraction of sp³-hybridized carbons (Fsp3) is 0.176. The second-order valence-electron chi connectivity index (χ2n) is 4.57. The zero-order valence-corrected chi connectivity index (χ0v) is 11.2. The van der Waals surface area contributed by atoms with Crippen LogP contribution in [0.3, 0.4) is 0 Å². The summed E-state index contributed by atoms with van der Waals surface area (Å²) in [6.45, 7) is 0.638. The topological polar surface area (TPSA) is 52.9 Å². The Bertz CT molecular complexity index is 597. The van der Waals surface area contributed by atoms with Crippen LogP contribution in [0.5, 0.6) is 0 Å². The van der Waals surface area contributed by atoms with Crippen molar-refractivity contribution in [3.05, 3.63) is 71.3 Å². The molecular weight excluding hydrogens is 248 g/mol. The molecule has 0 fully saturated rings. The Kier molecular flexibility index (Phi) is 4.91. The van der Waals surface area contributed by atoms with Gasteiger partial charge in [0, 0.05) is 6.54 Å². The van der Waals surface area contributed by atoms with Crippen LogP contribution in [0.15, 0.2) is 54.6 Å². The molecule has 0 aliphatic rings. The summed E-state index contributed by atoms with van der Waals surface area (Å²) in [5, 5.41) is 11.6. The van der Waals surface area contributed by atoms with Crippen LogP contribution in [0.1, 0.15) is 16.7 Å². The monoisotopic (exact) mass is 264 g/mol. The molecule has 0 bridgehead atoms. The summed E-state index contributed by atoms with van der Waals surface area (Å²) in [4.78, 5) is 11.8. The lowest BCUT2D eigenvalue weighted by atomic mass is 10.1. The molecule has 0 aliphatic heterocycles. The van der Waals surface area contributed by atoms with Crippen molar-refractivity contribution < 1.29 is 4.79 Å². The van der Waals surface area contributed by atoms with Crippen LogP contribution < -0.4 is 5.32 Å². The van der Waals surface area contributed by atoms with Crippen molar-refractivity contribution in [2.24, 2.45) is 0 Å². The Balaban J connectivity index is 1.76. The number of nitriles is 1. The average Bonchev–Trinajstić information content (AvgIpc) is 2.49. The number of nitrogens with one attached hydrogen (secondary N) is 1. The molecule has 0 atom stereocenters. The molecule has 0 unspecified atom stereocenters. The van der Waals surface area contributed by atoms with E-state index in [0.29, 0.717) is 18.5 Å². The van der Waals surface area contributed by atoms with Gasteiger partial charge < -0.3 is 5.32 Å². The SMILES string of the molecule is N#Cc1ccc(CC(=O)NCCc2ccccc2)cc1. The Labute approximate surface area is 118 Å². The molecule has 3 nitrogen and oxygen atoms in total. The summed E-state index contributed by atoms with van der Waals surface area (Å²) in [6, 6.07) is 19.2. The van der Waals surface area contributed by atoms with Crippen LogP contribution >= 0.6 is 0 Å². The standard InChI is InChI=1S/C17H16N2O/c18-13-16-8-6-15(7-9-16)12-17(20)19-11-10-14-4-2-1-3-5-14/h1-9H,10-12H2,(H,19,20). The number of nitrogens with zero attached hydrogens (tertiary/aromatic N) is 1. The summed E-state index contributed by atoms with van der Waals surface area (Å²) in [7, 11) is 0. The number of rotatable bonds is 5. The molecule has 0 spiro atoms. The van der Waals surface area contributed by atoms with Crippen molar-refractivity contribution in [2.75, 3.05) is 6.54 Å². The van der Waals surface area contributed by atoms with E-state index >= 15 is 0 Å². The van der Waals surface area contributed by atoms with Crippen LogP contribution in [-0.2, 0) is 17.6 Å². The molecule has 100 valence electrons. The Morgan fingerprint density at radius 2 is 1.70 bits per heavy atom. The van der Waals surface area contributed by atoms with Crippen molar-refractivity contribution in [3.8, 4) is 6.07 Å².